The number of nitrogens with one attached hydrogen (secondary N) is 2. The van der Waals surface area contributed by atoms with E-state index in [0.29, 0.717) is 17.5 Å². The Morgan fingerprint density at radius 3 is 2.83 bits per heavy atom. The number of carbonyl (C=O) groups excluding carboxylic acids is 1. The minimum absolute atomic E-state index is 0.139. The Balaban J connectivity index is 1.42. The molecule has 1 aromatic heterocycles. The summed E-state index contributed by atoms with van der Waals surface area (Å²) in [5.41, 5.74) is 2.00. The highest BCUT2D eigenvalue weighted by Crippen LogP contribution is 2.35. The monoisotopic (exact) mass is 395 g/mol. The number of fused-ring (bicyclic) bond motifs is 2. The van der Waals surface area contributed by atoms with Crippen LogP contribution in [0.3, 0.4) is 0 Å². The quantitative estimate of drug-likeness (QED) is 0.788. The molecule has 1 amide bonds. The van der Waals surface area contributed by atoms with Crippen molar-refractivity contribution in [2.24, 2.45) is 5.92 Å². The van der Waals surface area contributed by atoms with Crippen molar-refractivity contribution in [3.63, 3.8) is 0 Å². The summed E-state index contributed by atoms with van der Waals surface area (Å²) in [5, 5.41) is 19.9. The second-order valence-corrected chi connectivity index (χ2v) is 8.42. The molecule has 7 heteroatoms. The lowest BCUT2D eigenvalue weighted by Crippen LogP contribution is -2.50. The van der Waals surface area contributed by atoms with Gasteiger partial charge < -0.3 is 10.6 Å². The Hall–Kier alpha value is -2.72. The van der Waals surface area contributed by atoms with Gasteiger partial charge in [0.15, 0.2) is 0 Å². The Morgan fingerprint density at radius 2 is 2.24 bits per heavy atom. The molecular weight excluding hydrogens is 369 g/mol. The highest BCUT2D eigenvalue weighted by molar-refractivity contribution is 5.83. The van der Waals surface area contributed by atoms with Crippen LogP contribution in [0.25, 0.3) is 11.1 Å². The van der Waals surface area contributed by atoms with Crippen LogP contribution in [0.15, 0.2) is 30.6 Å². The smallest absolute Gasteiger partial charge is 0.238 e. The number of carbonyl (C=O) groups is 1. The highest BCUT2D eigenvalue weighted by Gasteiger charge is 2.43. The molecule has 1 saturated heterocycles. The molecule has 1 aromatic carbocycles. The molecule has 1 aliphatic heterocycles. The van der Waals surface area contributed by atoms with Gasteiger partial charge in [-0.05, 0) is 56.2 Å². The number of rotatable bonds is 6. The normalized spacial score (nSPS) is 23.9. The molecule has 2 heterocycles. The topological polar surface area (TPSA) is 82.7 Å². The molecular formula is C22H26FN5O. The Morgan fingerprint density at radius 1 is 1.41 bits per heavy atom. The summed E-state index contributed by atoms with van der Waals surface area (Å²) in [5.74, 6) is -0.184. The first-order valence-electron chi connectivity index (χ1n) is 10.2. The van der Waals surface area contributed by atoms with E-state index in [1.807, 2.05) is 30.8 Å². The van der Waals surface area contributed by atoms with Crippen molar-refractivity contribution in [3.8, 4) is 17.2 Å². The van der Waals surface area contributed by atoms with Crippen molar-refractivity contribution in [3.05, 3.63) is 42.0 Å². The van der Waals surface area contributed by atoms with Crippen LogP contribution in [-0.2, 0) is 11.2 Å². The van der Waals surface area contributed by atoms with Crippen molar-refractivity contribution in [1.29, 1.82) is 5.26 Å². The first kappa shape index (κ1) is 19.6. The minimum atomic E-state index is -0.757. The molecule has 1 saturated carbocycles. The summed E-state index contributed by atoms with van der Waals surface area (Å²) in [4.78, 5) is 12.5. The number of nitriles is 1. The highest BCUT2D eigenvalue weighted by atomic mass is 19.1. The average molecular weight is 395 g/mol. The summed E-state index contributed by atoms with van der Waals surface area (Å²) >= 11 is 0. The number of nitrogens with zero attached hydrogens (tertiary/aromatic N) is 3. The van der Waals surface area contributed by atoms with Crippen LogP contribution in [0.2, 0.25) is 0 Å². The van der Waals surface area contributed by atoms with Gasteiger partial charge in [0, 0.05) is 30.3 Å². The van der Waals surface area contributed by atoms with Gasteiger partial charge >= 0.3 is 0 Å². The van der Waals surface area contributed by atoms with Crippen molar-refractivity contribution >= 4 is 5.91 Å². The predicted octanol–water partition coefficient (Wildman–Crippen LogP) is 2.96. The molecule has 4 unspecified atom stereocenters. The molecule has 2 fully saturated rings. The SMILES string of the molecule is CC(C)n1cc(-c2ccc(CC(C#N)NC(=O)C3NC4CCC3C4)c(F)c2)cn1. The van der Waals surface area contributed by atoms with Crippen LogP contribution in [0.4, 0.5) is 4.39 Å². The number of amides is 1. The summed E-state index contributed by atoms with van der Waals surface area (Å²) in [6.07, 6.45) is 6.94. The molecule has 4 rings (SSSR count). The zero-order valence-corrected chi connectivity index (χ0v) is 16.7. The zero-order chi connectivity index (χ0) is 20.5. The molecule has 4 atom stereocenters. The Bertz CT molecular complexity index is 947. The van der Waals surface area contributed by atoms with Gasteiger partial charge in [-0.1, -0.05) is 12.1 Å². The summed E-state index contributed by atoms with van der Waals surface area (Å²) in [6.45, 7) is 4.06. The van der Waals surface area contributed by atoms with E-state index in [4.69, 9.17) is 0 Å². The molecule has 29 heavy (non-hydrogen) atoms. The van der Waals surface area contributed by atoms with Gasteiger partial charge in [0.05, 0.1) is 18.3 Å². The molecule has 152 valence electrons. The maximum absolute atomic E-state index is 14.7. The fraction of sp³-hybridized carbons (Fsp3) is 0.500. The molecule has 6 nitrogen and oxygen atoms in total. The maximum atomic E-state index is 14.7. The fourth-order valence-corrected chi connectivity index (χ4v) is 4.42. The van der Waals surface area contributed by atoms with Crippen LogP contribution in [0.1, 0.15) is 44.7 Å². The maximum Gasteiger partial charge on any atom is 0.238 e. The first-order chi connectivity index (χ1) is 13.9. The lowest BCUT2D eigenvalue weighted by atomic mass is 9.98. The van der Waals surface area contributed by atoms with E-state index >= 15 is 0 Å². The zero-order valence-electron chi connectivity index (χ0n) is 16.7. The van der Waals surface area contributed by atoms with Gasteiger partial charge in [-0.25, -0.2) is 4.39 Å². The number of benzene rings is 1. The molecule has 2 bridgehead atoms. The number of hydrogen-bond acceptors (Lipinski definition) is 4. The third kappa shape index (κ3) is 4.03. The van der Waals surface area contributed by atoms with Crippen molar-refractivity contribution in [2.75, 3.05) is 0 Å². The second-order valence-electron chi connectivity index (χ2n) is 8.42. The average Bonchev–Trinajstić information content (AvgIpc) is 3.45. The third-order valence-corrected chi connectivity index (χ3v) is 6.06. The van der Waals surface area contributed by atoms with E-state index in [2.05, 4.69) is 21.8 Å². The van der Waals surface area contributed by atoms with Gasteiger partial charge in [-0.15, -0.1) is 0 Å². The lowest BCUT2D eigenvalue weighted by Gasteiger charge is -2.23. The van der Waals surface area contributed by atoms with Gasteiger partial charge in [-0.2, -0.15) is 10.4 Å². The Kier molecular flexibility index (Phi) is 5.37. The molecule has 0 spiro atoms. The van der Waals surface area contributed by atoms with E-state index in [1.165, 1.54) is 6.07 Å². The first-order valence-corrected chi connectivity index (χ1v) is 10.2. The van der Waals surface area contributed by atoms with Gasteiger partial charge in [0.25, 0.3) is 0 Å². The number of piperidine rings is 1. The summed E-state index contributed by atoms with van der Waals surface area (Å²) in [7, 11) is 0. The number of aromatic nitrogens is 2. The second kappa shape index (κ2) is 7.96. The lowest BCUT2D eigenvalue weighted by molar-refractivity contribution is -0.124. The largest absolute Gasteiger partial charge is 0.339 e. The van der Waals surface area contributed by atoms with Crippen molar-refractivity contribution in [1.82, 2.24) is 20.4 Å². The number of halogens is 1. The van der Waals surface area contributed by atoms with Crippen molar-refractivity contribution in [2.45, 2.75) is 63.7 Å². The van der Waals surface area contributed by atoms with Crippen molar-refractivity contribution < 1.29 is 9.18 Å². The third-order valence-electron chi connectivity index (χ3n) is 6.06. The van der Waals surface area contributed by atoms with Crippen LogP contribution >= 0.6 is 0 Å². The van der Waals surface area contributed by atoms with E-state index < -0.39 is 6.04 Å². The van der Waals surface area contributed by atoms with Crippen LogP contribution in [0.5, 0.6) is 0 Å². The number of hydrogen-bond donors (Lipinski definition) is 2. The summed E-state index contributed by atoms with van der Waals surface area (Å²) < 4.78 is 16.5. The molecule has 2 aliphatic rings. The van der Waals surface area contributed by atoms with Gasteiger partial charge in [0.1, 0.15) is 11.9 Å². The van der Waals surface area contributed by atoms with Crippen LogP contribution in [0, 0.1) is 23.1 Å². The molecule has 1 aliphatic carbocycles. The van der Waals surface area contributed by atoms with E-state index in [0.717, 1.165) is 30.4 Å². The standard InChI is InChI=1S/C22H26FN5O/c1-13(2)28-12-17(11-25-28)14-3-4-15(20(23)9-14)7-19(10-24)27-22(29)21-16-5-6-18(8-16)26-21/h3-4,9,11-13,16,18-19,21,26H,5-8H2,1-2H3,(H,27,29). The van der Waals surface area contributed by atoms with E-state index in [9.17, 15) is 14.4 Å². The van der Waals surface area contributed by atoms with E-state index in [1.54, 1.807) is 12.3 Å². The Labute approximate surface area is 170 Å². The predicted molar refractivity (Wildman–Crippen MR) is 107 cm³/mol. The van der Waals surface area contributed by atoms with Gasteiger partial charge in [0.2, 0.25) is 5.91 Å². The molecule has 2 aromatic rings. The summed E-state index contributed by atoms with van der Waals surface area (Å²) in [6, 6.07) is 6.74. The van der Waals surface area contributed by atoms with E-state index in [-0.39, 0.29) is 30.2 Å². The molecule has 0 radical (unpaired) electrons. The van der Waals surface area contributed by atoms with Crippen LogP contribution in [-0.4, -0.2) is 33.8 Å². The van der Waals surface area contributed by atoms with Gasteiger partial charge in [-0.3, -0.25) is 9.48 Å². The molecule has 2 N–H and O–H groups in total. The minimum Gasteiger partial charge on any atom is -0.339 e. The van der Waals surface area contributed by atoms with Crippen LogP contribution < -0.4 is 10.6 Å². The fourth-order valence-electron chi connectivity index (χ4n) is 4.42.